The van der Waals surface area contributed by atoms with Crippen molar-refractivity contribution in [3.63, 3.8) is 0 Å². The van der Waals surface area contributed by atoms with Gasteiger partial charge in [0.2, 0.25) is 0 Å². The molecule has 0 atom stereocenters. The summed E-state index contributed by atoms with van der Waals surface area (Å²) in [6.07, 6.45) is 8.41. The first-order valence-corrected chi connectivity index (χ1v) is 16.1. The number of hydrogen-bond donors (Lipinski definition) is 0. The zero-order chi connectivity index (χ0) is 31.9. The molecule has 2 radical (unpaired) electrons. The van der Waals surface area contributed by atoms with E-state index >= 15 is 0 Å². The third-order valence-corrected chi connectivity index (χ3v) is 8.86. The van der Waals surface area contributed by atoms with Crippen molar-refractivity contribution in [3.05, 3.63) is 168 Å². The average Bonchev–Trinajstić information content (AvgIpc) is 3.98. The Balaban J connectivity index is 0.00000131. The van der Waals surface area contributed by atoms with Gasteiger partial charge in [-0.15, -0.1) is 22.1 Å². The van der Waals surface area contributed by atoms with E-state index in [1.54, 1.807) is 0 Å². The zero-order valence-corrected chi connectivity index (χ0v) is 30.4. The van der Waals surface area contributed by atoms with E-state index in [0.717, 1.165) is 89.4 Å². The van der Waals surface area contributed by atoms with Gasteiger partial charge >= 0.3 is 24.4 Å². The smallest absolute Gasteiger partial charge is 0.870 e. The molecule has 52 heavy (non-hydrogen) atoms. The fourth-order valence-corrected chi connectivity index (χ4v) is 6.69. The van der Waals surface area contributed by atoms with Crippen LogP contribution < -0.4 is 9.97 Å². The van der Waals surface area contributed by atoms with Crippen molar-refractivity contribution in [2.45, 2.75) is 0 Å². The number of hydrogen-bond acceptors (Lipinski definition) is 3. The topological polar surface area (TPSA) is 147 Å². The van der Waals surface area contributed by atoms with Crippen molar-refractivity contribution in [2.24, 2.45) is 0 Å². The molecule has 0 fully saturated rings. The third-order valence-electron chi connectivity index (χ3n) is 8.86. The van der Waals surface area contributed by atoms with E-state index in [0.29, 0.717) is 0 Å². The number of rotatable bonds is 4. The van der Waals surface area contributed by atoms with E-state index in [2.05, 4.69) is 146 Å². The molecule has 3 aromatic heterocycles. The standard InChI is InChI=1S/C44H28N4.3H2O.Sb/c1-5-13-29(14-6-1)41-33-21-23-35(45-33)42(30-15-7-2-8-16-30)37-25-27-39(47-37)44(32-19-11-4-12-20-32)40-28-26-38(48-40)43(31-17-9-3-10-18-31)36-24-22-34(41)46-36;;;;/h1-28H;3*1H2;/q-2;;;;+3/p-1. The molecule has 252 valence electrons. The summed E-state index contributed by atoms with van der Waals surface area (Å²) < 4.78 is 0. The number of fused-ring (bicyclic) bond motifs is 8. The van der Waals surface area contributed by atoms with Crippen molar-refractivity contribution in [2.75, 3.05) is 0 Å². The number of benzene rings is 4. The summed E-state index contributed by atoms with van der Waals surface area (Å²) in [5.74, 6) is 0. The van der Waals surface area contributed by atoms with Gasteiger partial charge < -0.3 is 26.4 Å². The SMILES string of the molecule is C1=Cc2nc1c(-c1ccccc1)c1ccc([n-]1)c(-c1ccccc1)c1nc(c(-c3ccccc3)c3ccc([n-]3)c2-c2ccccc2)C=C1.O.O.[OH-].[Sb+3]. The van der Waals surface area contributed by atoms with E-state index in [4.69, 9.17) is 19.9 Å². The van der Waals surface area contributed by atoms with Gasteiger partial charge in [0.15, 0.2) is 0 Å². The molecule has 8 heteroatoms. The fraction of sp³-hybridized carbons (Fsp3) is 0. The maximum Gasteiger partial charge on any atom is 3.00 e. The van der Waals surface area contributed by atoms with Gasteiger partial charge in [0.25, 0.3) is 0 Å². The summed E-state index contributed by atoms with van der Waals surface area (Å²) in [5.41, 5.74) is 15.0. The first-order valence-electron chi connectivity index (χ1n) is 16.1. The van der Waals surface area contributed by atoms with E-state index in [-0.39, 0.29) is 40.9 Å². The Labute approximate surface area is 318 Å². The van der Waals surface area contributed by atoms with Crippen molar-refractivity contribution in [1.29, 1.82) is 0 Å². The van der Waals surface area contributed by atoms with Crippen LogP contribution in [-0.4, -0.2) is 50.8 Å². The van der Waals surface area contributed by atoms with E-state index in [1.807, 2.05) is 24.3 Å². The Morgan fingerprint density at radius 3 is 0.731 bits per heavy atom. The van der Waals surface area contributed by atoms with Gasteiger partial charge in [-0.2, -0.15) is 0 Å². The van der Waals surface area contributed by atoms with Crippen LogP contribution in [0.2, 0.25) is 0 Å². The zero-order valence-electron chi connectivity index (χ0n) is 27.8. The molecule has 4 aromatic carbocycles. The van der Waals surface area contributed by atoms with Crippen LogP contribution >= 0.6 is 0 Å². The van der Waals surface area contributed by atoms with Gasteiger partial charge in [-0.05, 0) is 68.8 Å². The molecule has 0 saturated carbocycles. The monoisotopic (exact) mass is 786 g/mol. The summed E-state index contributed by atoms with van der Waals surface area (Å²) in [4.78, 5) is 21.2. The molecule has 2 aliphatic rings. The quantitative estimate of drug-likeness (QED) is 0.165. The molecule has 5 heterocycles. The molecule has 7 aromatic rings. The van der Waals surface area contributed by atoms with Crippen LogP contribution in [0.5, 0.6) is 0 Å². The second-order valence-corrected chi connectivity index (χ2v) is 11.8. The first kappa shape index (κ1) is 37.4. The maximum atomic E-state index is 5.31. The molecule has 0 saturated heterocycles. The van der Waals surface area contributed by atoms with E-state index in [1.165, 1.54) is 0 Å². The van der Waals surface area contributed by atoms with Crippen molar-refractivity contribution in [1.82, 2.24) is 19.9 Å². The molecular formula is C44H33N4O3Sb. The summed E-state index contributed by atoms with van der Waals surface area (Å²) >= 11 is 0. The van der Waals surface area contributed by atoms with Gasteiger partial charge in [0, 0.05) is 0 Å². The van der Waals surface area contributed by atoms with Gasteiger partial charge in [-0.3, -0.25) is 0 Å². The summed E-state index contributed by atoms with van der Waals surface area (Å²) in [6, 6.07) is 50.0. The molecule has 5 N–H and O–H groups in total. The van der Waals surface area contributed by atoms with Gasteiger partial charge in [-0.1, -0.05) is 146 Å². The Kier molecular flexibility index (Phi) is 11.5. The van der Waals surface area contributed by atoms with Gasteiger partial charge in [0.05, 0.1) is 22.8 Å². The minimum absolute atomic E-state index is 0. The van der Waals surface area contributed by atoms with Gasteiger partial charge in [0.1, 0.15) is 0 Å². The van der Waals surface area contributed by atoms with Crippen LogP contribution in [0.4, 0.5) is 0 Å². The second kappa shape index (κ2) is 16.0. The Morgan fingerprint density at radius 2 is 0.519 bits per heavy atom. The third kappa shape index (κ3) is 6.78. The molecule has 0 unspecified atom stereocenters. The van der Waals surface area contributed by atoms with Crippen molar-refractivity contribution in [3.8, 4) is 44.5 Å². The molecule has 0 amide bonds. The van der Waals surface area contributed by atoms with Crippen LogP contribution in [0.1, 0.15) is 22.8 Å². The predicted molar refractivity (Wildman–Crippen MR) is 213 cm³/mol. The maximum absolute atomic E-state index is 5.31. The van der Waals surface area contributed by atoms with Crippen LogP contribution in [0.15, 0.2) is 146 Å². The van der Waals surface area contributed by atoms with Crippen LogP contribution in [-0.2, 0) is 0 Å². The van der Waals surface area contributed by atoms with Gasteiger partial charge in [-0.25, -0.2) is 9.97 Å². The Hall–Kier alpha value is -5.82. The fourth-order valence-electron chi connectivity index (χ4n) is 6.69. The minimum Gasteiger partial charge on any atom is -0.870 e. The number of aromatic nitrogens is 4. The van der Waals surface area contributed by atoms with Crippen LogP contribution in [0, 0.1) is 0 Å². The summed E-state index contributed by atoms with van der Waals surface area (Å²) in [5, 5.41) is 0. The number of nitrogens with zero attached hydrogens (tertiary/aromatic N) is 4. The van der Waals surface area contributed by atoms with Crippen LogP contribution in [0.3, 0.4) is 0 Å². The van der Waals surface area contributed by atoms with E-state index in [9.17, 15) is 0 Å². The molecule has 7 nitrogen and oxygen atoms in total. The molecule has 0 spiro atoms. The molecule has 2 aliphatic heterocycles. The molecule has 0 aliphatic carbocycles. The Morgan fingerprint density at radius 1 is 0.308 bits per heavy atom. The van der Waals surface area contributed by atoms with Crippen molar-refractivity contribution >= 4 is 70.8 Å². The molecular weight excluding hydrogens is 754 g/mol. The average molecular weight is 788 g/mol. The summed E-state index contributed by atoms with van der Waals surface area (Å²) in [6.45, 7) is 0. The predicted octanol–water partition coefficient (Wildman–Crippen LogP) is 8.37. The summed E-state index contributed by atoms with van der Waals surface area (Å²) in [7, 11) is 0. The van der Waals surface area contributed by atoms with E-state index < -0.39 is 0 Å². The first-order chi connectivity index (χ1) is 23.8. The van der Waals surface area contributed by atoms with Crippen molar-refractivity contribution < 1.29 is 16.4 Å². The normalized spacial score (nSPS) is 11.1. The molecule has 8 bridgehead atoms. The molecule has 9 rings (SSSR count). The Bertz CT molecular complexity index is 2200. The second-order valence-electron chi connectivity index (χ2n) is 11.8. The van der Waals surface area contributed by atoms with Crippen LogP contribution in [0.25, 0.3) is 90.9 Å². The largest absolute Gasteiger partial charge is 3.00 e. The minimum atomic E-state index is 0.